The van der Waals surface area contributed by atoms with Crippen molar-refractivity contribution in [3.8, 4) is 0 Å². The first-order valence-corrected chi connectivity index (χ1v) is 2.72. The summed E-state index contributed by atoms with van der Waals surface area (Å²) in [6.45, 7) is 9.23. The Hall–Kier alpha value is 0.583. The summed E-state index contributed by atoms with van der Waals surface area (Å²) in [6, 6.07) is 0. The van der Waals surface area contributed by atoms with Crippen LogP contribution in [0.3, 0.4) is 0 Å². The normalized spacial score (nSPS) is 8.25. The van der Waals surface area contributed by atoms with Crippen molar-refractivity contribution in [2.24, 2.45) is 0 Å². The van der Waals surface area contributed by atoms with Crippen LogP contribution in [0.5, 0.6) is 0 Å². The van der Waals surface area contributed by atoms with E-state index in [1.807, 2.05) is 13.8 Å². The molecule has 0 fully saturated rings. The molecule has 0 rings (SSSR count). The van der Waals surface area contributed by atoms with Crippen LogP contribution in [0.25, 0.3) is 0 Å². The van der Waals surface area contributed by atoms with Gasteiger partial charge in [0.05, 0.1) is 5.60 Å². The van der Waals surface area contributed by atoms with E-state index in [1.165, 1.54) is 0 Å². The first kappa shape index (κ1) is 15.8. The number of hydrogen-bond acceptors (Lipinski definition) is 1. The van der Waals surface area contributed by atoms with Gasteiger partial charge in [0.15, 0.2) is 0 Å². The van der Waals surface area contributed by atoms with Crippen molar-refractivity contribution in [3.63, 3.8) is 0 Å². The third kappa shape index (κ3) is 603. The third-order valence-corrected chi connectivity index (χ3v) is 0. The van der Waals surface area contributed by atoms with Crippen molar-refractivity contribution >= 4 is 0 Å². The van der Waals surface area contributed by atoms with E-state index in [4.69, 9.17) is 5.11 Å². The molecule has 0 saturated heterocycles. The minimum atomic E-state index is -0.500. The van der Waals surface area contributed by atoms with Crippen LogP contribution in [0.1, 0.15) is 34.6 Å². The van der Waals surface area contributed by atoms with Gasteiger partial charge in [-0.25, -0.2) is 0 Å². The molecule has 0 spiro atoms. The Morgan fingerprint density at radius 3 is 1.00 bits per heavy atom. The molecule has 0 unspecified atom stereocenters. The van der Waals surface area contributed by atoms with Gasteiger partial charge in [-0.05, 0) is 20.8 Å². The van der Waals surface area contributed by atoms with Gasteiger partial charge < -0.3 is 5.11 Å². The maximum atomic E-state index is 8.52. The van der Waals surface area contributed by atoms with Gasteiger partial charge in [-0.1, -0.05) is 13.8 Å². The van der Waals surface area contributed by atoms with Crippen LogP contribution in [0.4, 0.5) is 0 Å². The molecule has 1 nitrogen and oxygen atoms in total. The van der Waals surface area contributed by atoms with Gasteiger partial charge in [0.25, 0.3) is 0 Å². The van der Waals surface area contributed by atoms with Crippen molar-refractivity contribution in [2.45, 2.75) is 40.2 Å². The minimum Gasteiger partial charge on any atom is -0.391 e. The van der Waals surface area contributed by atoms with E-state index in [0.717, 1.165) is 0 Å². The number of rotatable bonds is 0. The first-order valence-electron chi connectivity index (χ1n) is 2.72. The number of aliphatic hydroxyl groups is 1. The van der Waals surface area contributed by atoms with E-state index in [0.29, 0.717) is 0 Å². The van der Waals surface area contributed by atoms with Crippen LogP contribution < -0.4 is 0 Å². The maximum absolute atomic E-state index is 8.52. The molecule has 8 heavy (non-hydrogen) atoms. The SMILES string of the molecule is CC.CC(C)(C)O.[Zn]. The standard InChI is InChI=1S/C4H10O.C2H6.Zn/c1-4(2,3)5;1-2;/h5H,1-3H3;1-2H3;. The van der Waals surface area contributed by atoms with Crippen LogP contribution in [-0.2, 0) is 19.5 Å². The summed E-state index contributed by atoms with van der Waals surface area (Å²) in [4.78, 5) is 0. The molecule has 0 atom stereocenters. The Kier molecular flexibility index (Phi) is 15.0. The summed E-state index contributed by atoms with van der Waals surface area (Å²) < 4.78 is 0. The van der Waals surface area contributed by atoms with E-state index < -0.39 is 5.60 Å². The molecule has 0 bridgehead atoms. The van der Waals surface area contributed by atoms with E-state index in [1.54, 1.807) is 20.8 Å². The van der Waals surface area contributed by atoms with E-state index in [-0.39, 0.29) is 19.5 Å². The summed E-state index contributed by atoms with van der Waals surface area (Å²) in [5, 5.41) is 8.52. The summed E-state index contributed by atoms with van der Waals surface area (Å²) in [5.41, 5.74) is -0.500. The second kappa shape index (κ2) is 7.58. The zero-order valence-electron chi connectivity index (χ0n) is 6.65. The van der Waals surface area contributed by atoms with Crippen LogP contribution in [0.15, 0.2) is 0 Å². The Morgan fingerprint density at radius 2 is 1.00 bits per heavy atom. The largest absolute Gasteiger partial charge is 0.391 e. The molecule has 0 aromatic heterocycles. The van der Waals surface area contributed by atoms with Gasteiger partial charge in [-0.3, -0.25) is 0 Å². The van der Waals surface area contributed by atoms with E-state index >= 15 is 0 Å². The monoisotopic (exact) mass is 168 g/mol. The van der Waals surface area contributed by atoms with Crippen molar-refractivity contribution in [1.82, 2.24) is 0 Å². The molecule has 0 aliphatic heterocycles. The molecule has 0 amide bonds. The molecule has 0 heterocycles. The third-order valence-electron chi connectivity index (χ3n) is 0. The van der Waals surface area contributed by atoms with Crippen molar-refractivity contribution < 1.29 is 24.6 Å². The fourth-order valence-corrected chi connectivity index (χ4v) is 0. The summed E-state index contributed by atoms with van der Waals surface area (Å²) in [5.74, 6) is 0. The molecule has 0 saturated carbocycles. The van der Waals surface area contributed by atoms with E-state index in [9.17, 15) is 0 Å². The van der Waals surface area contributed by atoms with Gasteiger partial charge in [0, 0.05) is 19.5 Å². The maximum Gasteiger partial charge on any atom is 0.0563 e. The molecular weight excluding hydrogens is 153 g/mol. The van der Waals surface area contributed by atoms with Gasteiger partial charge in [-0.15, -0.1) is 0 Å². The van der Waals surface area contributed by atoms with Crippen LogP contribution in [0.2, 0.25) is 0 Å². The van der Waals surface area contributed by atoms with Crippen LogP contribution in [-0.4, -0.2) is 10.7 Å². The Labute approximate surface area is 65.2 Å². The Bertz CT molecular complexity index is 24.0. The molecule has 0 radical (unpaired) electrons. The molecule has 2 heteroatoms. The Balaban J connectivity index is -0.0000000750. The fraction of sp³-hybridized carbons (Fsp3) is 1.00. The van der Waals surface area contributed by atoms with Crippen molar-refractivity contribution in [1.29, 1.82) is 0 Å². The first-order chi connectivity index (χ1) is 3.00. The second-order valence-electron chi connectivity index (χ2n) is 2.17. The zero-order valence-corrected chi connectivity index (χ0v) is 9.62. The predicted molar refractivity (Wildman–Crippen MR) is 33.3 cm³/mol. The molecule has 0 aliphatic carbocycles. The zero-order chi connectivity index (χ0) is 6.50. The molecule has 48 valence electrons. The van der Waals surface area contributed by atoms with Gasteiger partial charge in [0.1, 0.15) is 0 Å². The summed E-state index contributed by atoms with van der Waals surface area (Å²) in [6.07, 6.45) is 0. The topological polar surface area (TPSA) is 20.2 Å². The molecule has 1 N–H and O–H groups in total. The van der Waals surface area contributed by atoms with Crippen molar-refractivity contribution in [2.75, 3.05) is 0 Å². The molecule has 0 aromatic rings. The minimum absolute atomic E-state index is 0. The van der Waals surface area contributed by atoms with E-state index in [2.05, 4.69) is 0 Å². The van der Waals surface area contributed by atoms with Crippen molar-refractivity contribution in [3.05, 3.63) is 0 Å². The van der Waals surface area contributed by atoms with Crippen LogP contribution >= 0.6 is 0 Å². The Morgan fingerprint density at radius 1 is 1.00 bits per heavy atom. The second-order valence-corrected chi connectivity index (χ2v) is 2.17. The fourth-order valence-electron chi connectivity index (χ4n) is 0. The van der Waals surface area contributed by atoms with Gasteiger partial charge in [0.2, 0.25) is 0 Å². The average molecular weight is 170 g/mol. The smallest absolute Gasteiger partial charge is 0.0563 e. The summed E-state index contributed by atoms with van der Waals surface area (Å²) in [7, 11) is 0. The van der Waals surface area contributed by atoms with Gasteiger partial charge in [-0.2, -0.15) is 0 Å². The quantitative estimate of drug-likeness (QED) is 0.549. The van der Waals surface area contributed by atoms with Gasteiger partial charge >= 0.3 is 0 Å². The average Bonchev–Trinajstić information content (AvgIpc) is 1.36. The molecule has 0 aliphatic rings. The molecular formula is C6H16OZn. The number of hydrogen-bond donors (Lipinski definition) is 1. The predicted octanol–water partition coefficient (Wildman–Crippen LogP) is 1.80. The summed E-state index contributed by atoms with van der Waals surface area (Å²) >= 11 is 0. The van der Waals surface area contributed by atoms with Crippen LogP contribution in [0, 0.1) is 0 Å². The molecule has 0 aromatic carbocycles.